The molecule has 3 heterocycles. The summed E-state index contributed by atoms with van der Waals surface area (Å²) in [6.07, 6.45) is 7.46. The van der Waals surface area contributed by atoms with Gasteiger partial charge in [-0.25, -0.2) is 0 Å². The van der Waals surface area contributed by atoms with E-state index in [0.717, 1.165) is 44.3 Å². The third-order valence-corrected chi connectivity index (χ3v) is 4.85. The monoisotopic (exact) mass is 312 g/mol. The van der Waals surface area contributed by atoms with Gasteiger partial charge in [0.2, 0.25) is 0 Å². The quantitative estimate of drug-likeness (QED) is 0.821. The molecular formula is C18H24N4O. The summed E-state index contributed by atoms with van der Waals surface area (Å²) in [5, 5.41) is 4.71. The van der Waals surface area contributed by atoms with Gasteiger partial charge in [0.05, 0.1) is 12.3 Å². The summed E-state index contributed by atoms with van der Waals surface area (Å²) >= 11 is 0. The lowest BCUT2D eigenvalue weighted by atomic mass is 10.0. The Kier molecular flexibility index (Phi) is 4.14. The first kappa shape index (κ1) is 14.8. The smallest absolute Gasteiger partial charge is 0.0929 e. The van der Waals surface area contributed by atoms with Gasteiger partial charge in [-0.1, -0.05) is 0 Å². The Labute approximate surface area is 137 Å². The third-order valence-electron chi connectivity index (χ3n) is 4.85. The number of hydrogen-bond acceptors (Lipinski definition) is 4. The molecule has 2 aromatic rings. The Hall–Kier alpha value is -1.72. The van der Waals surface area contributed by atoms with Crippen LogP contribution in [0.4, 0.5) is 0 Å². The lowest BCUT2D eigenvalue weighted by Gasteiger charge is -2.27. The van der Waals surface area contributed by atoms with Gasteiger partial charge in [0, 0.05) is 63.4 Å². The molecule has 1 saturated carbocycles. The second-order valence-corrected chi connectivity index (χ2v) is 6.77. The molecule has 23 heavy (non-hydrogen) atoms. The predicted octanol–water partition coefficient (Wildman–Crippen LogP) is 2.30. The van der Waals surface area contributed by atoms with Crippen LogP contribution < -0.4 is 0 Å². The summed E-state index contributed by atoms with van der Waals surface area (Å²) < 4.78 is 7.92. The van der Waals surface area contributed by atoms with Crippen molar-refractivity contribution in [2.75, 3.05) is 13.2 Å². The molecule has 0 radical (unpaired) electrons. The largest absolute Gasteiger partial charge is 0.375 e. The third kappa shape index (κ3) is 3.46. The molecule has 5 nitrogen and oxygen atoms in total. The fourth-order valence-corrected chi connectivity index (χ4v) is 3.33. The molecule has 0 amide bonds. The van der Waals surface area contributed by atoms with Crippen molar-refractivity contribution in [1.29, 1.82) is 0 Å². The Morgan fingerprint density at radius 2 is 2.09 bits per heavy atom. The van der Waals surface area contributed by atoms with Crippen molar-refractivity contribution >= 4 is 0 Å². The summed E-state index contributed by atoms with van der Waals surface area (Å²) in [6, 6.07) is 4.19. The fourth-order valence-electron chi connectivity index (χ4n) is 3.33. The number of pyridine rings is 1. The van der Waals surface area contributed by atoms with Gasteiger partial charge in [-0.3, -0.25) is 14.6 Å². The fraction of sp³-hybridized carbons (Fsp3) is 0.556. The van der Waals surface area contributed by atoms with Crippen molar-refractivity contribution in [3.63, 3.8) is 0 Å². The summed E-state index contributed by atoms with van der Waals surface area (Å²) in [4.78, 5) is 6.59. The number of hydrogen-bond donors (Lipinski definition) is 0. The number of aromatic nitrogens is 3. The van der Waals surface area contributed by atoms with Gasteiger partial charge in [0.25, 0.3) is 0 Å². The minimum absolute atomic E-state index is 0.656. The molecule has 0 N–H and O–H groups in total. The molecule has 0 bridgehead atoms. The van der Waals surface area contributed by atoms with Crippen LogP contribution in [0.3, 0.4) is 0 Å². The van der Waals surface area contributed by atoms with Gasteiger partial charge < -0.3 is 4.74 Å². The van der Waals surface area contributed by atoms with Crippen molar-refractivity contribution in [1.82, 2.24) is 19.7 Å². The molecule has 2 aliphatic rings. The first-order valence-electron chi connectivity index (χ1n) is 8.52. The molecule has 5 heteroatoms. The number of fused-ring (bicyclic) bond motifs is 1. The summed E-state index contributed by atoms with van der Waals surface area (Å²) in [6.45, 7) is 4.57. The van der Waals surface area contributed by atoms with E-state index in [1.54, 1.807) is 0 Å². The molecule has 0 spiro atoms. The highest BCUT2D eigenvalue weighted by atomic mass is 16.5. The normalized spacial score (nSPS) is 18.1. The maximum Gasteiger partial charge on any atom is 0.0929 e. The minimum Gasteiger partial charge on any atom is -0.375 e. The topological polar surface area (TPSA) is 43.2 Å². The van der Waals surface area contributed by atoms with Crippen LogP contribution in [0.5, 0.6) is 0 Å². The van der Waals surface area contributed by atoms with Crippen molar-refractivity contribution in [2.24, 2.45) is 13.0 Å². The molecule has 2 aromatic heterocycles. The van der Waals surface area contributed by atoms with Crippen molar-refractivity contribution < 1.29 is 4.74 Å². The molecule has 1 aliphatic carbocycles. The van der Waals surface area contributed by atoms with Crippen LogP contribution in [0.25, 0.3) is 0 Å². The average Bonchev–Trinajstić information content (AvgIpc) is 3.34. The standard InChI is InChI=1S/C18H24N4O/c1-21-18-6-9-22(10-14-4-7-19-8-5-14)11-16(18)17(20-21)13-23-12-15-2-3-15/h4-5,7-8,15H,2-3,6,9-13H2,1H3. The summed E-state index contributed by atoms with van der Waals surface area (Å²) in [7, 11) is 2.06. The number of aryl methyl sites for hydroxylation is 1. The molecular weight excluding hydrogens is 288 g/mol. The predicted molar refractivity (Wildman–Crippen MR) is 87.6 cm³/mol. The lowest BCUT2D eigenvalue weighted by Crippen LogP contribution is -2.30. The highest BCUT2D eigenvalue weighted by molar-refractivity contribution is 5.28. The second-order valence-electron chi connectivity index (χ2n) is 6.77. The second kappa shape index (κ2) is 6.42. The molecule has 122 valence electrons. The Bertz CT molecular complexity index is 663. The van der Waals surface area contributed by atoms with E-state index in [0.29, 0.717) is 6.61 Å². The van der Waals surface area contributed by atoms with E-state index < -0.39 is 0 Å². The SMILES string of the molecule is Cn1nc(COCC2CC2)c2c1CCN(Cc1ccncc1)C2. The summed E-state index contributed by atoms with van der Waals surface area (Å²) in [5.74, 6) is 0.803. The molecule has 4 rings (SSSR count). The van der Waals surface area contributed by atoms with Crippen LogP contribution in [0.1, 0.15) is 35.4 Å². The number of ether oxygens (including phenoxy) is 1. The van der Waals surface area contributed by atoms with Gasteiger partial charge in [0.15, 0.2) is 0 Å². The van der Waals surface area contributed by atoms with E-state index in [1.807, 2.05) is 12.4 Å². The molecule has 1 aliphatic heterocycles. The zero-order valence-corrected chi connectivity index (χ0v) is 13.7. The Balaban J connectivity index is 1.44. The molecule has 0 aromatic carbocycles. The first-order chi connectivity index (χ1) is 11.3. The van der Waals surface area contributed by atoms with Crippen LogP contribution in [0, 0.1) is 5.92 Å². The maximum atomic E-state index is 5.87. The minimum atomic E-state index is 0.656. The molecule has 0 unspecified atom stereocenters. The van der Waals surface area contributed by atoms with Gasteiger partial charge in [-0.2, -0.15) is 5.10 Å². The zero-order chi connectivity index (χ0) is 15.6. The molecule has 1 fully saturated rings. The Morgan fingerprint density at radius 1 is 1.26 bits per heavy atom. The van der Waals surface area contributed by atoms with Crippen molar-refractivity contribution in [2.45, 2.75) is 39.0 Å². The van der Waals surface area contributed by atoms with Crippen LogP contribution in [0.15, 0.2) is 24.5 Å². The van der Waals surface area contributed by atoms with Crippen LogP contribution in [-0.2, 0) is 37.9 Å². The van der Waals surface area contributed by atoms with Gasteiger partial charge in [0.1, 0.15) is 0 Å². The lowest BCUT2D eigenvalue weighted by molar-refractivity contribution is 0.107. The molecule has 0 saturated heterocycles. The Morgan fingerprint density at radius 3 is 2.87 bits per heavy atom. The van der Waals surface area contributed by atoms with E-state index in [2.05, 4.69) is 33.7 Å². The van der Waals surface area contributed by atoms with Gasteiger partial charge in [-0.05, 0) is 36.5 Å². The van der Waals surface area contributed by atoms with Crippen molar-refractivity contribution in [3.05, 3.63) is 47.0 Å². The van der Waals surface area contributed by atoms with E-state index in [9.17, 15) is 0 Å². The maximum absolute atomic E-state index is 5.87. The highest BCUT2D eigenvalue weighted by Gasteiger charge is 2.25. The number of nitrogens with zero attached hydrogens (tertiary/aromatic N) is 4. The first-order valence-corrected chi connectivity index (χ1v) is 8.52. The van der Waals surface area contributed by atoms with Crippen molar-refractivity contribution in [3.8, 4) is 0 Å². The zero-order valence-electron chi connectivity index (χ0n) is 13.7. The highest BCUT2D eigenvalue weighted by Crippen LogP contribution is 2.29. The average molecular weight is 312 g/mol. The van der Waals surface area contributed by atoms with Crippen LogP contribution in [-0.4, -0.2) is 32.8 Å². The van der Waals surface area contributed by atoms with E-state index in [-0.39, 0.29) is 0 Å². The summed E-state index contributed by atoms with van der Waals surface area (Å²) in [5.41, 5.74) is 5.20. The van der Waals surface area contributed by atoms with Gasteiger partial charge in [-0.15, -0.1) is 0 Å². The van der Waals surface area contributed by atoms with E-state index in [4.69, 9.17) is 9.84 Å². The van der Waals surface area contributed by atoms with E-state index in [1.165, 1.54) is 29.7 Å². The molecule has 0 atom stereocenters. The number of rotatable bonds is 6. The van der Waals surface area contributed by atoms with E-state index >= 15 is 0 Å². The van der Waals surface area contributed by atoms with Crippen LogP contribution >= 0.6 is 0 Å². The van der Waals surface area contributed by atoms with Crippen LogP contribution in [0.2, 0.25) is 0 Å². The van der Waals surface area contributed by atoms with Gasteiger partial charge >= 0.3 is 0 Å².